The number of thiazole rings is 1. The number of rotatable bonds is 7. The molecule has 2 N–H and O–H groups in total. The molecule has 2 aromatic rings. The molecule has 0 amide bonds. The van der Waals surface area contributed by atoms with Gasteiger partial charge in [-0.15, -0.1) is 11.3 Å². The molecule has 0 atom stereocenters. The number of carbonyl (C=O) groups excluding carboxylic acids is 1. The van der Waals surface area contributed by atoms with Gasteiger partial charge in [-0.3, -0.25) is 4.79 Å². The number of nitrogens with two attached hydrogens (primary N) is 1. The van der Waals surface area contributed by atoms with E-state index in [1.807, 2.05) is 24.4 Å². The second-order valence-corrected chi connectivity index (χ2v) is 6.93. The van der Waals surface area contributed by atoms with Crippen LogP contribution < -0.4 is 15.2 Å². The predicted molar refractivity (Wildman–Crippen MR) is 108 cm³/mol. The standard InChI is InChI=1S/C18H25N5O4S/c1-12(24)27-23(10-14-15(25-4)7-6-8-16(14)26-5)17(19)21-18-20-13(11-28-18)9-22(2)3/h6-8,11H,9-10H2,1-5H3,(H2,19,20,21). The maximum absolute atomic E-state index is 11.6. The highest BCUT2D eigenvalue weighted by Gasteiger charge is 2.19. The summed E-state index contributed by atoms with van der Waals surface area (Å²) in [5.74, 6) is 0.618. The third-order valence-electron chi connectivity index (χ3n) is 3.55. The fourth-order valence-electron chi connectivity index (χ4n) is 2.44. The number of methoxy groups -OCH3 is 2. The van der Waals surface area contributed by atoms with Crippen LogP contribution in [-0.4, -0.2) is 55.2 Å². The number of hydrogen-bond acceptors (Lipinski definition) is 8. The van der Waals surface area contributed by atoms with Crippen molar-refractivity contribution in [3.8, 4) is 11.5 Å². The van der Waals surface area contributed by atoms with E-state index >= 15 is 0 Å². The molecule has 1 aromatic carbocycles. The van der Waals surface area contributed by atoms with Gasteiger partial charge in [0.05, 0.1) is 32.0 Å². The summed E-state index contributed by atoms with van der Waals surface area (Å²) in [6, 6.07) is 5.37. The first kappa shape index (κ1) is 21.5. The van der Waals surface area contributed by atoms with E-state index in [0.29, 0.717) is 28.7 Å². The van der Waals surface area contributed by atoms with Crippen molar-refractivity contribution in [2.45, 2.75) is 20.0 Å². The number of guanidine groups is 1. The van der Waals surface area contributed by atoms with Crippen molar-refractivity contribution in [3.05, 3.63) is 34.8 Å². The second-order valence-electron chi connectivity index (χ2n) is 6.09. The number of benzene rings is 1. The Balaban J connectivity index is 2.31. The summed E-state index contributed by atoms with van der Waals surface area (Å²) in [5.41, 5.74) is 7.66. The van der Waals surface area contributed by atoms with E-state index in [2.05, 4.69) is 9.98 Å². The highest BCUT2D eigenvalue weighted by atomic mass is 32.1. The summed E-state index contributed by atoms with van der Waals surface area (Å²) in [4.78, 5) is 27.6. The first-order valence-electron chi connectivity index (χ1n) is 8.43. The van der Waals surface area contributed by atoms with Gasteiger partial charge in [0.25, 0.3) is 0 Å². The first-order chi connectivity index (χ1) is 13.3. The lowest BCUT2D eigenvalue weighted by Crippen LogP contribution is -2.38. The van der Waals surface area contributed by atoms with Gasteiger partial charge >= 0.3 is 5.97 Å². The van der Waals surface area contributed by atoms with Crippen LogP contribution in [0, 0.1) is 0 Å². The minimum absolute atomic E-state index is 0.00564. The molecule has 1 aromatic heterocycles. The topological polar surface area (TPSA) is 103 Å². The number of hydroxylamine groups is 2. The molecule has 152 valence electrons. The molecule has 0 saturated carbocycles. The molecule has 0 radical (unpaired) electrons. The lowest BCUT2D eigenvalue weighted by Gasteiger charge is -2.23. The molecule has 0 bridgehead atoms. The number of aliphatic imine (C=N–C) groups is 1. The Labute approximate surface area is 168 Å². The minimum atomic E-state index is -0.528. The van der Waals surface area contributed by atoms with Gasteiger partial charge in [-0.1, -0.05) is 6.07 Å². The van der Waals surface area contributed by atoms with Crippen LogP contribution >= 0.6 is 11.3 Å². The third kappa shape index (κ3) is 5.83. The van der Waals surface area contributed by atoms with Gasteiger partial charge in [-0.25, -0.2) is 4.98 Å². The molecule has 0 fully saturated rings. The van der Waals surface area contributed by atoms with Crippen molar-refractivity contribution >= 4 is 28.4 Å². The van der Waals surface area contributed by atoms with Gasteiger partial charge < -0.3 is 24.9 Å². The molecule has 0 spiro atoms. The van der Waals surface area contributed by atoms with E-state index in [-0.39, 0.29) is 12.5 Å². The molecule has 0 aliphatic rings. The Morgan fingerprint density at radius 1 is 1.21 bits per heavy atom. The molecule has 1 heterocycles. The van der Waals surface area contributed by atoms with Crippen LogP contribution in [-0.2, 0) is 22.7 Å². The first-order valence-corrected chi connectivity index (χ1v) is 9.31. The average Bonchev–Trinajstić information content (AvgIpc) is 3.06. The van der Waals surface area contributed by atoms with Crippen molar-refractivity contribution in [3.63, 3.8) is 0 Å². The van der Waals surface area contributed by atoms with Crippen molar-refractivity contribution in [2.75, 3.05) is 28.3 Å². The van der Waals surface area contributed by atoms with E-state index in [4.69, 9.17) is 20.0 Å². The van der Waals surface area contributed by atoms with Crippen LogP contribution in [0.3, 0.4) is 0 Å². The van der Waals surface area contributed by atoms with Crippen molar-refractivity contribution in [2.24, 2.45) is 10.7 Å². The van der Waals surface area contributed by atoms with Gasteiger partial charge in [0, 0.05) is 18.8 Å². The Bertz CT molecular complexity index is 815. The van der Waals surface area contributed by atoms with E-state index in [0.717, 1.165) is 5.69 Å². The summed E-state index contributed by atoms with van der Waals surface area (Å²) in [5, 5.41) is 3.57. The zero-order valence-electron chi connectivity index (χ0n) is 16.6. The molecule has 0 unspecified atom stereocenters. The SMILES string of the molecule is COc1cccc(OC)c1CN(OC(C)=O)/C(N)=N/c1nc(CN(C)C)cs1. The number of ether oxygens (including phenoxy) is 2. The Hall–Kier alpha value is -2.85. The minimum Gasteiger partial charge on any atom is -0.496 e. The maximum atomic E-state index is 11.6. The van der Waals surface area contributed by atoms with Gasteiger partial charge in [0.15, 0.2) is 0 Å². The zero-order chi connectivity index (χ0) is 20.7. The van der Waals surface area contributed by atoms with E-state index < -0.39 is 5.97 Å². The van der Waals surface area contributed by atoms with Crippen LogP contribution in [0.5, 0.6) is 11.5 Å². The predicted octanol–water partition coefficient (Wildman–Crippen LogP) is 2.15. The van der Waals surface area contributed by atoms with Crippen LogP contribution in [0.4, 0.5) is 5.13 Å². The number of carbonyl (C=O) groups is 1. The molecule has 28 heavy (non-hydrogen) atoms. The van der Waals surface area contributed by atoms with Crippen LogP contribution in [0.2, 0.25) is 0 Å². The van der Waals surface area contributed by atoms with E-state index in [1.54, 1.807) is 32.4 Å². The monoisotopic (exact) mass is 407 g/mol. The van der Waals surface area contributed by atoms with Crippen molar-refractivity contribution in [1.82, 2.24) is 14.9 Å². The summed E-state index contributed by atoms with van der Waals surface area (Å²) < 4.78 is 10.8. The second kappa shape index (κ2) is 9.90. The quantitative estimate of drug-likeness (QED) is 0.423. The summed E-state index contributed by atoms with van der Waals surface area (Å²) in [6.45, 7) is 2.08. The molecule has 9 nitrogen and oxygen atoms in total. The number of hydrogen-bond donors (Lipinski definition) is 1. The van der Waals surface area contributed by atoms with Gasteiger partial charge in [-0.05, 0) is 26.2 Å². The molecule has 10 heteroatoms. The van der Waals surface area contributed by atoms with Crippen LogP contribution in [0.15, 0.2) is 28.6 Å². The maximum Gasteiger partial charge on any atom is 0.329 e. The molecule has 2 rings (SSSR count). The summed E-state index contributed by atoms with van der Waals surface area (Å²) >= 11 is 1.36. The Kier molecular flexibility index (Phi) is 7.59. The smallest absolute Gasteiger partial charge is 0.329 e. The molecule has 0 saturated heterocycles. The lowest BCUT2D eigenvalue weighted by atomic mass is 10.1. The largest absolute Gasteiger partial charge is 0.496 e. The Morgan fingerprint density at radius 3 is 2.39 bits per heavy atom. The average molecular weight is 407 g/mol. The summed E-state index contributed by atoms with van der Waals surface area (Å²) in [7, 11) is 7.01. The van der Waals surface area contributed by atoms with Crippen LogP contribution in [0.1, 0.15) is 18.2 Å². The molecule has 0 aliphatic carbocycles. The van der Waals surface area contributed by atoms with Crippen LogP contribution in [0.25, 0.3) is 0 Å². The van der Waals surface area contributed by atoms with E-state index in [9.17, 15) is 4.79 Å². The molecular formula is C18H25N5O4S. The van der Waals surface area contributed by atoms with Gasteiger partial charge in [0.2, 0.25) is 11.1 Å². The van der Waals surface area contributed by atoms with Gasteiger partial charge in [-0.2, -0.15) is 10.1 Å². The zero-order valence-corrected chi connectivity index (χ0v) is 17.4. The number of nitrogens with zero attached hydrogens (tertiary/aromatic N) is 4. The van der Waals surface area contributed by atoms with E-state index in [1.165, 1.54) is 23.3 Å². The molecule has 0 aliphatic heterocycles. The Morgan fingerprint density at radius 2 is 1.86 bits per heavy atom. The van der Waals surface area contributed by atoms with Crippen molar-refractivity contribution < 1.29 is 19.1 Å². The summed E-state index contributed by atoms with van der Waals surface area (Å²) in [6.07, 6.45) is 0. The fraction of sp³-hybridized carbons (Fsp3) is 0.389. The lowest BCUT2D eigenvalue weighted by molar-refractivity contribution is -0.172. The number of aromatic nitrogens is 1. The third-order valence-corrected chi connectivity index (χ3v) is 4.34. The fourth-order valence-corrected chi connectivity index (χ4v) is 3.13. The van der Waals surface area contributed by atoms with Crippen molar-refractivity contribution in [1.29, 1.82) is 0 Å². The molecular weight excluding hydrogens is 382 g/mol. The van der Waals surface area contributed by atoms with Gasteiger partial charge in [0.1, 0.15) is 11.5 Å². The normalized spacial score (nSPS) is 11.4. The highest BCUT2D eigenvalue weighted by Crippen LogP contribution is 2.30. The highest BCUT2D eigenvalue weighted by molar-refractivity contribution is 7.13.